The third-order valence-electron chi connectivity index (χ3n) is 2.95. The van der Waals surface area contributed by atoms with Crippen LogP contribution in [-0.2, 0) is 14.3 Å². The molecule has 0 aliphatic carbocycles. The molecule has 1 atom stereocenters. The van der Waals surface area contributed by atoms with E-state index in [1.807, 2.05) is 0 Å². The SMILES string of the molecule is CCOC(=O)[C@H](CSCC(=O)c1ccc(Br)cc1)NC(=O)OC(C)(C)C. The molecule has 0 aromatic heterocycles. The highest BCUT2D eigenvalue weighted by Gasteiger charge is 2.25. The van der Waals surface area contributed by atoms with E-state index in [0.29, 0.717) is 5.56 Å². The smallest absolute Gasteiger partial charge is 0.408 e. The number of alkyl carbamates (subject to hydrolysis) is 1. The molecule has 1 aromatic rings. The van der Waals surface area contributed by atoms with Crippen LogP contribution in [0.1, 0.15) is 38.1 Å². The third-order valence-corrected chi connectivity index (χ3v) is 4.51. The fourth-order valence-electron chi connectivity index (χ4n) is 1.85. The van der Waals surface area contributed by atoms with Crippen molar-refractivity contribution < 1.29 is 23.9 Å². The molecule has 0 bridgehead atoms. The zero-order valence-electron chi connectivity index (χ0n) is 15.3. The first-order valence-electron chi connectivity index (χ1n) is 8.15. The lowest BCUT2D eigenvalue weighted by Gasteiger charge is -2.22. The summed E-state index contributed by atoms with van der Waals surface area (Å²) in [7, 11) is 0. The van der Waals surface area contributed by atoms with Crippen molar-refractivity contribution in [2.45, 2.75) is 39.3 Å². The molecule has 1 rings (SSSR count). The van der Waals surface area contributed by atoms with Gasteiger partial charge in [0.05, 0.1) is 12.4 Å². The summed E-state index contributed by atoms with van der Waals surface area (Å²) >= 11 is 4.57. The summed E-state index contributed by atoms with van der Waals surface area (Å²) in [5.41, 5.74) is -0.0814. The Kier molecular flexibility index (Phi) is 9.15. The maximum absolute atomic E-state index is 12.2. The number of Topliss-reactive ketones (excluding diaryl/α,β-unsaturated/α-hetero) is 1. The predicted molar refractivity (Wildman–Crippen MR) is 106 cm³/mol. The Morgan fingerprint density at radius 3 is 2.35 bits per heavy atom. The Morgan fingerprint density at radius 1 is 1.19 bits per heavy atom. The van der Waals surface area contributed by atoms with Crippen molar-refractivity contribution in [3.8, 4) is 0 Å². The zero-order valence-corrected chi connectivity index (χ0v) is 17.7. The van der Waals surface area contributed by atoms with E-state index in [4.69, 9.17) is 9.47 Å². The first kappa shape index (κ1) is 22.5. The van der Waals surface area contributed by atoms with Crippen molar-refractivity contribution >= 4 is 45.5 Å². The molecule has 1 amide bonds. The minimum atomic E-state index is -0.882. The van der Waals surface area contributed by atoms with E-state index >= 15 is 0 Å². The molecule has 0 unspecified atom stereocenters. The molecule has 6 nitrogen and oxygen atoms in total. The van der Waals surface area contributed by atoms with Crippen LogP contribution in [-0.4, -0.2) is 47.6 Å². The highest BCUT2D eigenvalue weighted by atomic mass is 79.9. The lowest BCUT2D eigenvalue weighted by Crippen LogP contribution is -2.45. The van der Waals surface area contributed by atoms with E-state index in [-0.39, 0.29) is 23.9 Å². The number of ketones is 1. The van der Waals surface area contributed by atoms with Crippen LogP contribution in [0.3, 0.4) is 0 Å². The van der Waals surface area contributed by atoms with Crippen molar-refractivity contribution in [3.63, 3.8) is 0 Å². The number of carbonyl (C=O) groups excluding carboxylic acids is 3. The van der Waals surface area contributed by atoms with Crippen molar-refractivity contribution in [1.82, 2.24) is 5.32 Å². The Morgan fingerprint density at radius 2 is 1.81 bits per heavy atom. The quantitative estimate of drug-likeness (QED) is 0.483. The number of halogens is 1. The first-order chi connectivity index (χ1) is 12.1. The average molecular weight is 446 g/mol. The Hall–Kier alpha value is -1.54. The van der Waals surface area contributed by atoms with Crippen molar-refractivity contribution in [3.05, 3.63) is 34.3 Å². The van der Waals surface area contributed by atoms with E-state index in [2.05, 4.69) is 21.2 Å². The van der Waals surface area contributed by atoms with Crippen LogP contribution in [0.25, 0.3) is 0 Å². The molecule has 0 heterocycles. The van der Waals surface area contributed by atoms with Gasteiger partial charge in [0.15, 0.2) is 5.78 Å². The molecule has 0 aliphatic heterocycles. The number of nitrogens with one attached hydrogen (secondary N) is 1. The fraction of sp³-hybridized carbons (Fsp3) is 0.500. The second-order valence-corrected chi connectivity index (χ2v) is 8.34. The maximum Gasteiger partial charge on any atom is 0.408 e. The Labute approximate surface area is 166 Å². The van der Waals surface area contributed by atoms with Gasteiger partial charge in [-0.2, -0.15) is 11.8 Å². The number of hydrogen-bond acceptors (Lipinski definition) is 6. The topological polar surface area (TPSA) is 81.7 Å². The normalized spacial score (nSPS) is 12.2. The van der Waals surface area contributed by atoms with Gasteiger partial charge in [-0.3, -0.25) is 4.79 Å². The van der Waals surface area contributed by atoms with Crippen LogP contribution in [0.15, 0.2) is 28.7 Å². The molecule has 0 saturated carbocycles. The van der Waals surface area contributed by atoms with E-state index in [9.17, 15) is 14.4 Å². The summed E-state index contributed by atoms with van der Waals surface area (Å²) in [5.74, 6) is -0.210. The van der Waals surface area contributed by atoms with Crippen molar-refractivity contribution in [2.75, 3.05) is 18.1 Å². The first-order valence-corrected chi connectivity index (χ1v) is 10.1. The van der Waals surface area contributed by atoms with Gasteiger partial charge in [-0.1, -0.05) is 28.1 Å². The lowest BCUT2D eigenvalue weighted by atomic mass is 10.2. The van der Waals surface area contributed by atoms with Crippen molar-refractivity contribution in [2.24, 2.45) is 0 Å². The second-order valence-electron chi connectivity index (χ2n) is 6.40. The van der Waals surface area contributed by atoms with E-state index in [1.54, 1.807) is 52.0 Å². The maximum atomic E-state index is 12.2. The van der Waals surface area contributed by atoms with Crippen LogP contribution >= 0.6 is 27.7 Å². The van der Waals surface area contributed by atoms with Crippen LogP contribution in [0, 0.1) is 0 Å². The lowest BCUT2D eigenvalue weighted by molar-refractivity contribution is -0.145. The minimum Gasteiger partial charge on any atom is -0.464 e. The van der Waals surface area contributed by atoms with Gasteiger partial charge in [0.2, 0.25) is 0 Å². The third kappa shape index (κ3) is 8.71. The molecule has 0 radical (unpaired) electrons. The number of amides is 1. The molecule has 0 fully saturated rings. The monoisotopic (exact) mass is 445 g/mol. The minimum absolute atomic E-state index is 0.0534. The van der Waals surface area contributed by atoms with E-state index < -0.39 is 23.7 Å². The van der Waals surface area contributed by atoms with Gasteiger partial charge in [-0.15, -0.1) is 0 Å². The molecule has 0 saturated heterocycles. The Bertz CT molecular complexity index is 627. The second kappa shape index (κ2) is 10.6. The predicted octanol–water partition coefficient (Wildman–Crippen LogP) is 3.82. The molecule has 1 N–H and O–H groups in total. The number of thioether (sulfide) groups is 1. The number of esters is 1. The van der Waals surface area contributed by atoms with Gasteiger partial charge in [0.1, 0.15) is 11.6 Å². The van der Waals surface area contributed by atoms with Crippen molar-refractivity contribution in [1.29, 1.82) is 0 Å². The standard InChI is InChI=1S/C18H24BrNO5S/c1-5-24-16(22)14(20-17(23)25-18(2,3)4)10-26-11-15(21)12-6-8-13(19)9-7-12/h6-9,14H,5,10-11H2,1-4H3,(H,20,23)/t14-/m0/s1. The average Bonchev–Trinajstić information content (AvgIpc) is 2.52. The Balaban J connectivity index is 2.59. The van der Waals surface area contributed by atoms with Gasteiger partial charge >= 0.3 is 12.1 Å². The van der Waals surface area contributed by atoms with E-state index in [0.717, 1.165) is 4.47 Å². The summed E-state index contributed by atoms with van der Waals surface area (Å²) < 4.78 is 11.0. The number of carbonyl (C=O) groups is 3. The van der Waals surface area contributed by atoms with E-state index in [1.165, 1.54) is 11.8 Å². The summed E-state index contributed by atoms with van der Waals surface area (Å²) in [4.78, 5) is 36.1. The zero-order chi connectivity index (χ0) is 19.7. The number of hydrogen-bond donors (Lipinski definition) is 1. The van der Waals surface area contributed by atoms with Crippen LogP contribution in [0.2, 0.25) is 0 Å². The van der Waals surface area contributed by atoms with Gasteiger partial charge in [0, 0.05) is 15.8 Å². The van der Waals surface area contributed by atoms with Gasteiger partial charge in [-0.25, -0.2) is 9.59 Å². The summed E-state index contributed by atoms with van der Waals surface area (Å²) in [6.07, 6.45) is -0.699. The fourth-order valence-corrected chi connectivity index (χ4v) is 3.04. The molecule has 0 aliphatic rings. The highest BCUT2D eigenvalue weighted by Crippen LogP contribution is 2.14. The van der Waals surface area contributed by atoms with Crippen LogP contribution in [0.5, 0.6) is 0 Å². The number of ether oxygens (including phenoxy) is 2. The molecule has 1 aromatic carbocycles. The van der Waals surface area contributed by atoms with Gasteiger partial charge in [0.25, 0.3) is 0 Å². The summed E-state index contributed by atoms with van der Waals surface area (Å²) in [6, 6.07) is 6.17. The largest absolute Gasteiger partial charge is 0.464 e. The summed E-state index contributed by atoms with van der Waals surface area (Å²) in [5, 5.41) is 2.51. The number of benzene rings is 1. The molecule has 26 heavy (non-hydrogen) atoms. The molecular weight excluding hydrogens is 422 g/mol. The highest BCUT2D eigenvalue weighted by molar-refractivity contribution is 9.10. The molecular formula is C18H24BrNO5S. The van der Waals surface area contributed by atoms with Crippen LogP contribution in [0.4, 0.5) is 4.79 Å². The molecule has 8 heteroatoms. The number of rotatable bonds is 8. The summed E-state index contributed by atoms with van der Waals surface area (Å²) in [6.45, 7) is 7.09. The van der Waals surface area contributed by atoms with Gasteiger partial charge < -0.3 is 14.8 Å². The molecule has 0 spiro atoms. The molecule has 144 valence electrons. The van der Waals surface area contributed by atoms with Crippen LogP contribution < -0.4 is 5.32 Å². The van der Waals surface area contributed by atoms with Gasteiger partial charge in [-0.05, 0) is 39.8 Å².